The summed E-state index contributed by atoms with van der Waals surface area (Å²) in [5.41, 5.74) is 3.09. The van der Waals surface area contributed by atoms with Gasteiger partial charge in [-0.25, -0.2) is 4.79 Å². The van der Waals surface area contributed by atoms with Crippen LogP contribution >= 0.6 is 0 Å². The molecule has 2 heterocycles. The van der Waals surface area contributed by atoms with E-state index in [2.05, 4.69) is 16.0 Å². The highest BCUT2D eigenvalue weighted by molar-refractivity contribution is 6.23. The lowest BCUT2D eigenvalue weighted by atomic mass is 9.98. The number of ketones is 1. The molecule has 1 atom stereocenters. The van der Waals surface area contributed by atoms with Gasteiger partial charge < -0.3 is 10.6 Å². The van der Waals surface area contributed by atoms with Crippen LogP contribution in [0.2, 0.25) is 0 Å². The summed E-state index contributed by atoms with van der Waals surface area (Å²) in [6.45, 7) is 1.88. The van der Waals surface area contributed by atoms with Crippen LogP contribution in [0.1, 0.15) is 60.6 Å². The molecule has 39 heavy (non-hydrogen) atoms. The largest absolute Gasteiger partial charge is 0.334 e. The minimum atomic E-state index is -1.05. The molecule has 3 N–H and O–H groups in total. The average molecular weight is 525 g/mol. The van der Waals surface area contributed by atoms with Gasteiger partial charge in [0.2, 0.25) is 11.8 Å². The Morgan fingerprint density at radius 1 is 0.923 bits per heavy atom. The fourth-order valence-corrected chi connectivity index (χ4v) is 4.68. The summed E-state index contributed by atoms with van der Waals surface area (Å²) in [6.07, 6.45) is 0.110. The number of benzene rings is 3. The summed E-state index contributed by atoms with van der Waals surface area (Å²) in [5.74, 6) is -2.48. The zero-order valence-electron chi connectivity index (χ0n) is 20.9. The maximum atomic E-state index is 13.0. The Morgan fingerprint density at radius 3 is 2.41 bits per heavy atom. The number of fused-ring (bicyclic) bond motifs is 1. The Balaban J connectivity index is 1.24. The Hall–Kier alpha value is -5.12. The molecule has 0 aliphatic carbocycles. The summed E-state index contributed by atoms with van der Waals surface area (Å²) in [6, 6.07) is 17.0. The van der Waals surface area contributed by atoms with Crippen molar-refractivity contribution in [3.8, 4) is 0 Å². The highest BCUT2D eigenvalue weighted by Gasteiger charge is 2.44. The first-order valence-electron chi connectivity index (χ1n) is 12.3. The Labute approximate surface area is 223 Å². The van der Waals surface area contributed by atoms with E-state index in [1.54, 1.807) is 48.5 Å². The number of nitrogens with zero attached hydrogens (tertiary/aromatic N) is 1. The van der Waals surface area contributed by atoms with E-state index in [1.165, 1.54) is 12.1 Å². The van der Waals surface area contributed by atoms with E-state index in [1.807, 2.05) is 13.0 Å². The third kappa shape index (κ3) is 5.04. The second kappa shape index (κ2) is 10.3. The molecule has 0 bridgehead atoms. The summed E-state index contributed by atoms with van der Waals surface area (Å²) < 4.78 is 0. The molecular formula is C29H24N4O6. The number of nitrogens with one attached hydrogen (secondary N) is 3. The SMILES string of the molecule is Cc1ccc(NC(=O)NCc2ccc3c(c2)C(=O)N(C2CCC(=O)NC2=O)C3=O)cc1C(=O)c1ccccc1. The highest BCUT2D eigenvalue weighted by Crippen LogP contribution is 2.28. The molecule has 3 aromatic carbocycles. The molecule has 5 rings (SSSR count). The van der Waals surface area contributed by atoms with Gasteiger partial charge in [0.15, 0.2) is 5.78 Å². The molecule has 196 valence electrons. The highest BCUT2D eigenvalue weighted by atomic mass is 16.2. The molecule has 1 unspecified atom stereocenters. The summed E-state index contributed by atoms with van der Waals surface area (Å²) in [4.78, 5) is 75.9. The van der Waals surface area contributed by atoms with E-state index in [-0.39, 0.29) is 36.3 Å². The van der Waals surface area contributed by atoms with Gasteiger partial charge in [0.25, 0.3) is 11.8 Å². The number of carbonyl (C=O) groups excluding carboxylic acids is 6. The number of aryl methyl sites for hydroxylation is 1. The number of hydrogen-bond acceptors (Lipinski definition) is 6. The van der Waals surface area contributed by atoms with Crippen LogP contribution in [0, 0.1) is 6.92 Å². The smallest absolute Gasteiger partial charge is 0.319 e. The topological polar surface area (TPSA) is 142 Å². The Morgan fingerprint density at radius 2 is 1.67 bits per heavy atom. The third-order valence-electron chi connectivity index (χ3n) is 6.73. The van der Waals surface area contributed by atoms with Crippen LogP contribution in [-0.4, -0.2) is 46.4 Å². The van der Waals surface area contributed by atoms with E-state index in [0.717, 1.165) is 10.5 Å². The normalized spacial score (nSPS) is 16.5. The zero-order chi connectivity index (χ0) is 27.7. The molecule has 3 aromatic rings. The predicted molar refractivity (Wildman–Crippen MR) is 140 cm³/mol. The standard InChI is InChI=1S/C29H24N4O6/c1-16-7-9-19(14-21(16)25(35)18-5-3-2-4-6-18)31-29(39)30-15-17-8-10-20-22(13-17)28(38)33(27(20)37)23-11-12-24(34)32-26(23)36/h2-10,13-14,23H,11-12,15H2,1H3,(H2,30,31,39)(H,32,34,36). The molecule has 2 aliphatic rings. The van der Waals surface area contributed by atoms with E-state index in [9.17, 15) is 28.8 Å². The van der Waals surface area contributed by atoms with Crippen molar-refractivity contribution in [1.29, 1.82) is 0 Å². The number of imide groups is 2. The van der Waals surface area contributed by atoms with Crippen molar-refractivity contribution in [1.82, 2.24) is 15.5 Å². The quantitative estimate of drug-likeness (QED) is 0.334. The Kier molecular flexibility index (Phi) is 6.76. The predicted octanol–water partition coefficient (Wildman–Crippen LogP) is 2.95. The van der Waals surface area contributed by atoms with E-state index < -0.39 is 35.7 Å². The maximum Gasteiger partial charge on any atom is 0.319 e. The van der Waals surface area contributed by atoms with Crippen molar-refractivity contribution in [2.45, 2.75) is 32.4 Å². The molecule has 1 saturated heterocycles. The van der Waals surface area contributed by atoms with Crippen molar-refractivity contribution in [3.63, 3.8) is 0 Å². The second-order valence-corrected chi connectivity index (χ2v) is 9.36. The van der Waals surface area contributed by atoms with E-state index >= 15 is 0 Å². The van der Waals surface area contributed by atoms with Crippen molar-refractivity contribution >= 4 is 41.1 Å². The molecule has 1 fully saturated rings. The van der Waals surface area contributed by atoms with Gasteiger partial charge in [0.05, 0.1) is 11.1 Å². The first-order valence-corrected chi connectivity index (χ1v) is 12.3. The summed E-state index contributed by atoms with van der Waals surface area (Å²) in [5, 5.41) is 7.57. The first kappa shape index (κ1) is 25.5. The van der Waals surface area contributed by atoms with Crippen LogP contribution in [0.4, 0.5) is 10.5 Å². The fourth-order valence-electron chi connectivity index (χ4n) is 4.68. The van der Waals surface area contributed by atoms with Gasteiger partial charge in [0, 0.05) is 29.8 Å². The molecule has 0 aromatic heterocycles. The van der Waals surface area contributed by atoms with E-state index in [0.29, 0.717) is 22.4 Å². The van der Waals surface area contributed by atoms with Crippen molar-refractivity contribution < 1.29 is 28.8 Å². The lowest BCUT2D eigenvalue weighted by Crippen LogP contribution is -2.54. The van der Waals surface area contributed by atoms with Crippen LogP contribution < -0.4 is 16.0 Å². The van der Waals surface area contributed by atoms with Gasteiger partial charge in [-0.1, -0.05) is 42.5 Å². The van der Waals surface area contributed by atoms with Crippen molar-refractivity contribution in [3.05, 3.63) is 100 Å². The zero-order valence-corrected chi connectivity index (χ0v) is 20.9. The van der Waals surface area contributed by atoms with Gasteiger partial charge in [-0.15, -0.1) is 0 Å². The minimum Gasteiger partial charge on any atom is -0.334 e. The molecular weight excluding hydrogens is 500 g/mol. The van der Waals surface area contributed by atoms with Crippen LogP contribution in [-0.2, 0) is 16.1 Å². The first-order chi connectivity index (χ1) is 18.7. The van der Waals surface area contributed by atoms with Crippen LogP contribution in [0.3, 0.4) is 0 Å². The molecule has 10 heteroatoms. The monoisotopic (exact) mass is 524 g/mol. The van der Waals surface area contributed by atoms with Gasteiger partial charge in [0.1, 0.15) is 6.04 Å². The summed E-state index contributed by atoms with van der Waals surface area (Å²) in [7, 11) is 0. The summed E-state index contributed by atoms with van der Waals surface area (Å²) >= 11 is 0. The van der Waals surface area contributed by atoms with Gasteiger partial charge in [-0.2, -0.15) is 0 Å². The maximum absolute atomic E-state index is 13.0. The Bertz CT molecular complexity index is 1550. The fraction of sp³-hybridized carbons (Fsp3) is 0.172. The minimum absolute atomic E-state index is 0.0387. The molecule has 10 nitrogen and oxygen atoms in total. The van der Waals surface area contributed by atoms with Crippen molar-refractivity contribution in [2.24, 2.45) is 0 Å². The second-order valence-electron chi connectivity index (χ2n) is 9.36. The van der Waals surface area contributed by atoms with Gasteiger partial charge in [-0.3, -0.25) is 34.2 Å². The lowest BCUT2D eigenvalue weighted by Gasteiger charge is -2.27. The van der Waals surface area contributed by atoms with Crippen LogP contribution in [0.15, 0.2) is 66.7 Å². The number of hydrogen-bond donors (Lipinski definition) is 3. The molecule has 0 radical (unpaired) electrons. The van der Waals surface area contributed by atoms with Crippen LogP contribution in [0.5, 0.6) is 0 Å². The van der Waals surface area contributed by atoms with Gasteiger partial charge >= 0.3 is 6.03 Å². The number of carbonyl (C=O) groups is 6. The number of rotatable bonds is 6. The number of amides is 6. The third-order valence-corrected chi connectivity index (χ3v) is 6.73. The lowest BCUT2D eigenvalue weighted by molar-refractivity contribution is -0.136. The number of anilines is 1. The molecule has 6 amide bonds. The number of urea groups is 1. The van der Waals surface area contributed by atoms with Crippen LogP contribution in [0.25, 0.3) is 0 Å². The molecule has 0 saturated carbocycles. The van der Waals surface area contributed by atoms with Crippen molar-refractivity contribution in [2.75, 3.05) is 5.32 Å². The average Bonchev–Trinajstić information content (AvgIpc) is 3.17. The number of piperidine rings is 1. The van der Waals surface area contributed by atoms with Gasteiger partial charge in [-0.05, 0) is 48.7 Å². The van der Waals surface area contributed by atoms with E-state index in [4.69, 9.17) is 0 Å². The molecule has 0 spiro atoms. The molecule has 2 aliphatic heterocycles.